The number of amides is 2. The molecule has 2 aromatic rings. The molecule has 6 nitrogen and oxygen atoms in total. The highest BCUT2D eigenvalue weighted by Crippen LogP contribution is 2.43. The Morgan fingerprint density at radius 3 is 2.51 bits per heavy atom. The molecule has 1 aromatic heterocycles. The van der Waals surface area contributed by atoms with Gasteiger partial charge in [-0.15, -0.1) is 0 Å². The molecule has 3 heterocycles. The number of aryl methyl sites for hydroxylation is 1. The summed E-state index contributed by atoms with van der Waals surface area (Å²) in [7, 11) is 0. The number of nitrogens with zero attached hydrogens (tertiary/aromatic N) is 3. The van der Waals surface area contributed by atoms with Crippen molar-refractivity contribution in [2.75, 3.05) is 18.4 Å². The number of aromatic nitrogens is 1. The van der Waals surface area contributed by atoms with Crippen LogP contribution in [0.2, 0.25) is 0 Å². The first-order valence-electron chi connectivity index (χ1n) is 13.1. The summed E-state index contributed by atoms with van der Waals surface area (Å²) in [4.78, 5) is 34.8. The molecule has 2 bridgehead atoms. The van der Waals surface area contributed by atoms with Gasteiger partial charge < -0.3 is 10.2 Å². The van der Waals surface area contributed by atoms with Crippen LogP contribution in [0.4, 0.5) is 10.1 Å². The monoisotopic (exact) mass is 476 g/mol. The molecule has 184 valence electrons. The van der Waals surface area contributed by atoms with Crippen molar-refractivity contribution in [2.24, 2.45) is 5.92 Å². The molecular formula is C28H33FN4O2. The van der Waals surface area contributed by atoms with Crippen LogP contribution >= 0.6 is 0 Å². The first kappa shape index (κ1) is 22.7. The van der Waals surface area contributed by atoms with E-state index in [0.717, 1.165) is 57.3 Å². The number of carbonyl (C=O) groups is 2. The maximum Gasteiger partial charge on any atom is 0.257 e. The van der Waals surface area contributed by atoms with Crippen molar-refractivity contribution in [1.82, 2.24) is 14.8 Å². The Morgan fingerprint density at radius 2 is 1.80 bits per heavy atom. The van der Waals surface area contributed by atoms with E-state index in [2.05, 4.69) is 26.2 Å². The molecule has 2 amide bonds. The van der Waals surface area contributed by atoms with Gasteiger partial charge in [0.15, 0.2) is 0 Å². The largest absolute Gasteiger partial charge is 0.334 e. The highest BCUT2D eigenvalue weighted by molar-refractivity contribution is 6.04. The van der Waals surface area contributed by atoms with Crippen LogP contribution in [0, 0.1) is 18.7 Å². The minimum absolute atomic E-state index is 0.222. The predicted octanol–water partition coefficient (Wildman–Crippen LogP) is 4.63. The van der Waals surface area contributed by atoms with E-state index in [-0.39, 0.29) is 23.1 Å². The molecular weight excluding hydrogens is 443 g/mol. The molecule has 3 atom stereocenters. The van der Waals surface area contributed by atoms with E-state index < -0.39 is 5.82 Å². The number of carbonyl (C=O) groups excluding carboxylic acids is 2. The number of hydrogen-bond acceptors (Lipinski definition) is 4. The summed E-state index contributed by atoms with van der Waals surface area (Å²) < 4.78 is 13.9. The zero-order chi connectivity index (χ0) is 24.1. The fraction of sp³-hybridized carbons (Fsp3) is 0.536. The lowest BCUT2D eigenvalue weighted by Gasteiger charge is -2.44. The van der Waals surface area contributed by atoms with Gasteiger partial charge in [0.25, 0.3) is 5.91 Å². The van der Waals surface area contributed by atoms with Crippen molar-refractivity contribution in [2.45, 2.75) is 76.4 Å². The Kier molecular flexibility index (Phi) is 5.83. The van der Waals surface area contributed by atoms with Gasteiger partial charge in [-0.3, -0.25) is 19.5 Å². The van der Waals surface area contributed by atoms with Crippen LogP contribution in [-0.2, 0) is 11.2 Å². The quantitative estimate of drug-likeness (QED) is 0.699. The second kappa shape index (κ2) is 9.01. The van der Waals surface area contributed by atoms with E-state index in [4.69, 9.17) is 0 Å². The Hall–Kier alpha value is -2.80. The molecule has 3 unspecified atom stereocenters. The fourth-order valence-corrected chi connectivity index (χ4v) is 6.89. The van der Waals surface area contributed by atoms with Gasteiger partial charge in [0, 0.05) is 49.0 Å². The van der Waals surface area contributed by atoms with Crippen LogP contribution in [0.5, 0.6) is 0 Å². The van der Waals surface area contributed by atoms with E-state index in [9.17, 15) is 14.0 Å². The Morgan fingerprint density at radius 1 is 1.06 bits per heavy atom. The minimum atomic E-state index is -0.476. The number of rotatable bonds is 4. The van der Waals surface area contributed by atoms with Gasteiger partial charge in [0.05, 0.1) is 11.3 Å². The summed E-state index contributed by atoms with van der Waals surface area (Å²) in [6, 6.07) is 8.32. The van der Waals surface area contributed by atoms with Gasteiger partial charge in [-0.05, 0) is 68.7 Å². The number of fused-ring (bicyclic) bond motifs is 3. The van der Waals surface area contributed by atoms with Crippen molar-refractivity contribution in [3.8, 4) is 0 Å². The molecule has 1 saturated carbocycles. The van der Waals surface area contributed by atoms with Gasteiger partial charge in [-0.25, -0.2) is 4.39 Å². The van der Waals surface area contributed by atoms with Crippen LogP contribution in [0.1, 0.15) is 78.2 Å². The van der Waals surface area contributed by atoms with E-state index in [1.54, 1.807) is 6.92 Å². The average Bonchev–Trinajstić information content (AvgIpc) is 3.59. The lowest BCUT2D eigenvalue weighted by atomic mass is 10.0. The van der Waals surface area contributed by atoms with Crippen molar-refractivity contribution >= 4 is 17.5 Å². The van der Waals surface area contributed by atoms with Crippen LogP contribution in [0.25, 0.3) is 0 Å². The maximum atomic E-state index is 13.9. The van der Waals surface area contributed by atoms with E-state index in [1.165, 1.54) is 36.2 Å². The summed E-state index contributed by atoms with van der Waals surface area (Å²) in [5, 5.41) is 2.99. The lowest BCUT2D eigenvalue weighted by Crippen LogP contribution is -2.57. The summed E-state index contributed by atoms with van der Waals surface area (Å²) in [5.74, 6) is -0.157. The third-order valence-corrected chi connectivity index (χ3v) is 8.68. The molecule has 3 fully saturated rings. The fourth-order valence-electron chi connectivity index (χ4n) is 6.89. The molecule has 0 spiro atoms. The van der Waals surface area contributed by atoms with E-state index >= 15 is 0 Å². The topological polar surface area (TPSA) is 65.5 Å². The lowest BCUT2D eigenvalue weighted by molar-refractivity contribution is -0.141. The van der Waals surface area contributed by atoms with E-state index in [0.29, 0.717) is 24.0 Å². The molecule has 7 heteroatoms. The molecule has 4 aliphatic rings. The number of nitrogens with one attached hydrogen (secondary N) is 1. The van der Waals surface area contributed by atoms with Gasteiger partial charge >= 0.3 is 0 Å². The Bertz CT molecular complexity index is 1150. The highest BCUT2D eigenvalue weighted by atomic mass is 19.1. The average molecular weight is 477 g/mol. The number of hydrogen-bond donors (Lipinski definition) is 1. The van der Waals surface area contributed by atoms with Crippen molar-refractivity contribution in [3.63, 3.8) is 0 Å². The van der Waals surface area contributed by atoms with Crippen LogP contribution in [-0.4, -0.2) is 51.8 Å². The summed E-state index contributed by atoms with van der Waals surface area (Å²) in [6.07, 6.45) is 10.1. The third kappa shape index (κ3) is 4.03. The van der Waals surface area contributed by atoms with E-state index in [1.807, 2.05) is 12.1 Å². The molecule has 1 aromatic carbocycles. The number of likely N-dealkylation sites (tertiary alicyclic amines) is 1. The summed E-state index contributed by atoms with van der Waals surface area (Å²) in [5.41, 5.74) is 3.74. The standard InChI is InChI=1S/C28H33FN4O2/c1-17-24(29)13-19(14-30-17)27(34)31-25-8-4-7-23-22(25)11-12-26(23)32-15-20-9-10-21(16-32)33(20)28(35)18-5-2-3-6-18/h4,7-8,13-14,18,20-21,26H,2-3,5-6,9-12,15-16H2,1H3,(H,31,34). The normalized spacial score (nSPS) is 26.2. The summed E-state index contributed by atoms with van der Waals surface area (Å²) >= 11 is 0. The Labute approximate surface area is 205 Å². The zero-order valence-electron chi connectivity index (χ0n) is 20.3. The number of piperazine rings is 1. The van der Waals surface area contributed by atoms with Gasteiger partial charge in [-0.1, -0.05) is 25.0 Å². The highest BCUT2D eigenvalue weighted by Gasteiger charge is 2.46. The first-order valence-corrected chi connectivity index (χ1v) is 13.1. The van der Waals surface area contributed by atoms with Crippen molar-refractivity contribution in [1.29, 1.82) is 0 Å². The molecule has 1 N–H and O–H groups in total. The second-order valence-corrected chi connectivity index (χ2v) is 10.7. The third-order valence-electron chi connectivity index (χ3n) is 8.68. The molecule has 2 aliphatic heterocycles. The molecule has 2 aliphatic carbocycles. The van der Waals surface area contributed by atoms with Crippen LogP contribution in [0.3, 0.4) is 0 Å². The predicted molar refractivity (Wildman–Crippen MR) is 132 cm³/mol. The smallest absolute Gasteiger partial charge is 0.257 e. The van der Waals surface area contributed by atoms with Crippen molar-refractivity contribution in [3.05, 3.63) is 58.7 Å². The number of benzene rings is 1. The van der Waals surface area contributed by atoms with Gasteiger partial charge in [-0.2, -0.15) is 0 Å². The second-order valence-electron chi connectivity index (χ2n) is 10.7. The SMILES string of the molecule is Cc1ncc(C(=O)Nc2cccc3c2CCC3N2CC3CCC(C2)N3C(=O)C2CCCC2)cc1F. The van der Waals surface area contributed by atoms with Gasteiger partial charge in [0.2, 0.25) is 5.91 Å². The minimum Gasteiger partial charge on any atom is -0.334 e. The molecule has 0 radical (unpaired) electrons. The number of anilines is 1. The Balaban J connectivity index is 1.17. The van der Waals surface area contributed by atoms with Crippen LogP contribution in [0.15, 0.2) is 30.5 Å². The number of pyridine rings is 1. The van der Waals surface area contributed by atoms with Crippen LogP contribution < -0.4 is 5.32 Å². The maximum absolute atomic E-state index is 13.9. The van der Waals surface area contributed by atoms with Gasteiger partial charge in [0.1, 0.15) is 5.82 Å². The molecule has 35 heavy (non-hydrogen) atoms. The molecule has 2 saturated heterocycles. The van der Waals surface area contributed by atoms with Crippen molar-refractivity contribution < 1.29 is 14.0 Å². The zero-order valence-corrected chi connectivity index (χ0v) is 20.3. The number of halogens is 1. The first-order chi connectivity index (χ1) is 17.0. The summed E-state index contributed by atoms with van der Waals surface area (Å²) in [6.45, 7) is 3.45. The molecule has 6 rings (SSSR count).